The number of phenolic OH excluding ortho intramolecular Hbond substituents is 2. The van der Waals surface area contributed by atoms with Gasteiger partial charge in [-0.25, -0.2) is 9.59 Å². The number of benzene rings is 2. The number of hydrogen-bond acceptors (Lipinski definition) is 8. The van der Waals surface area contributed by atoms with Gasteiger partial charge in [-0.3, -0.25) is 4.79 Å². The third-order valence-corrected chi connectivity index (χ3v) is 4.34. The number of esters is 2. The molecule has 0 radical (unpaired) electrons. The Kier molecular flexibility index (Phi) is 5.93. The normalized spacial score (nSPS) is 10.3. The SMILES string of the molecule is COC(=O)c1c(C)cc(OC(=O)c2c(C)cc(OC)c(C=O)c2O)c(C)c1O. The first kappa shape index (κ1) is 20.8. The van der Waals surface area contributed by atoms with Crippen LogP contribution in [0.15, 0.2) is 12.1 Å². The number of aryl methyl sites for hydroxylation is 2. The fraction of sp³-hybridized carbons (Fsp3) is 0.250. The Hall–Kier alpha value is -3.55. The average molecular weight is 388 g/mol. The zero-order chi connectivity index (χ0) is 21.2. The van der Waals surface area contributed by atoms with Crippen molar-refractivity contribution in [1.29, 1.82) is 0 Å². The van der Waals surface area contributed by atoms with Gasteiger partial charge >= 0.3 is 11.9 Å². The monoisotopic (exact) mass is 388 g/mol. The fourth-order valence-electron chi connectivity index (χ4n) is 2.81. The van der Waals surface area contributed by atoms with Crippen LogP contribution >= 0.6 is 0 Å². The van der Waals surface area contributed by atoms with Crippen molar-refractivity contribution in [2.24, 2.45) is 0 Å². The zero-order valence-electron chi connectivity index (χ0n) is 16.1. The Morgan fingerprint density at radius 3 is 1.93 bits per heavy atom. The van der Waals surface area contributed by atoms with Crippen LogP contribution in [0.2, 0.25) is 0 Å². The van der Waals surface area contributed by atoms with Gasteiger partial charge in [-0.2, -0.15) is 0 Å². The predicted octanol–water partition coefficient (Wildman–Crippen LogP) is 2.85. The highest BCUT2D eigenvalue weighted by Gasteiger charge is 2.26. The summed E-state index contributed by atoms with van der Waals surface area (Å²) in [6.45, 7) is 4.55. The number of aldehydes is 1. The number of hydrogen-bond donors (Lipinski definition) is 2. The van der Waals surface area contributed by atoms with Gasteiger partial charge in [-0.15, -0.1) is 0 Å². The maximum Gasteiger partial charge on any atom is 0.347 e. The van der Waals surface area contributed by atoms with Crippen molar-refractivity contribution < 1.29 is 38.8 Å². The molecule has 2 aromatic rings. The number of phenols is 2. The molecule has 0 saturated carbocycles. The van der Waals surface area contributed by atoms with E-state index < -0.39 is 17.7 Å². The molecule has 0 aromatic heterocycles. The first-order valence-electron chi connectivity index (χ1n) is 8.17. The molecule has 0 bridgehead atoms. The summed E-state index contributed by atoms with van der Waals surface area (Å²) in [6.07, 6.45) is 0.372. The molecule has 0 aliphatic heterocycles. The topological polar surface area (TPSA) is 119 Å². The molecule has 2 N–H and O–H groups in total. The molecular weight excluding hydrogens is 368 g/mol. The van der Waals surface area contributed by atoms with Gasteiger partial charge in [0.25, 0.3) is 0 Å². The van der Waals surface area contributed by atoms with Crippen LogP contribution < -0.4 is 9.47 Å². The van der Waals surface area contributed by atoms with E-state index in [9.17, 15) is 24.6 Å². The molecule has 0 spiro atoms. The van der Waals surface area contributed by atoms with E-state index in [1.165, 1.54) is 33.3 Å². The Balaban J connectivity index is 2.52. The van der Waals surface area contributed by atoms with Crippen LogP contribution in [0, 0.1) is 20.8 Å². The molecule has 0 unspecified atom stereocenters. The minimum absolute atomic E-state index is 0.00470. The van der Waals surface area contributed by atoms with Gasteiger partial charge in [0.1, 0.15) is 34.1 Å². The summed E-state index contributed by atoms with van der Waals surface area (Å²) in [7, 11) is 2.52. The van der Waals surface area contributed by atoms with Crippen molar-refractivity contribution in [3.63, 3.8) is 0 Å². The van der Waals surface area contributed by atoms with Crippen molar-refractivity contribution in [2.75, 3.05) is 14.2 Å². The standard InChI is InChI=1S/C20H20O8/c1-9-6-13(11(3)17(22)15(9)19(24)27-5)28-20(25)16-10(2)7-14(26-4)12(8-21)18(16)23/h6-8,22-23H,1-5H3. The quantitative estimate of drug-likeness (QED) is 0.456. The maximum atomic E-state index is 12.7. The number of ether oxygens (including phenoxy) is 3. The Morgan fingerprint density at radius 1 is 0.893 bits per heavy atom. The van der Waals surface area contributed by atoms with E-state index in [2.05, 4.69) is 4.74 Å². The van der Waals surface area contributed by atoms with E-state index in [0.717, 1.165) is 0 Å². The molecular formula is C20H20O8. The summed E-state index contributed by atoms with van der Waals surface area (Å²) >= 11 is 0. The van der Waals surface area contributed by atoms with E-state index in [1.807, 2.05) is 0 Å². The summed E-state index contributed by atoms with van der Waals surface area (Å²) in [5.74, 6) is -2.49. The van der Waals surface area contributed by atoms with Crippen molar-refractivity contribution in [3.05, 3.63) is 45.5 Å². The number of carbonyl (C=O) groups excluding carboxylic acids is 3. The molecule has 148 valence electrons. The third-order valence-electron chi connectivity index (χ3n) is 4.34. The molecule has 0 fully saturated rings. The minimum Gasteiger partial charge on any atom is -0.507 e. The van der Waals surface area contributed by atoms with Crippen molar-refractivity contribution in [1.82, 2.24) is 0 Å². The van der Waals surface area contributed by atoms with Crippen LogP contribution in [0.4, 0.5) is 0 Å². The Morgan fingerprint density at radius 2 is 1.43 bits per heavy atom. The third kappa shape index (κ3) is 3.48. The molecule has 0 aliphatic rings. The van der Waals surface area contributed by atoms with Gasteiger partial charge in [0.05, 0.1) is 19.8 Å². The highest BCUT2D eigenvalue weighted by Crippen LogP contribution is 2.37. The summed E-state index contributed by atoms with van der Waals surface area (Å²) in [5, 5.41) is 20.6. The second kappa shape index (κ2) is 7.99. The first-order valence-corrected chi connectivity index (χ1v) is 8.17. The number of carbonyl (C=O) groups is 3. The number of aromatic hydroxyl groups is 2. The van der Waals surface area contributed by atoms with Crippen molar-refractivity contribution in [2.45, 2.75) is 20.8 Å². The van der Waals surface area contributed by atoms with Crippen molar-refractivity contribution >= 4 is 18.2 Å². The molecule has 0 heterocycles. The van der Waals surface area contributed by atoms with Gasteiger partial charge in [0.15, 0.2) is 6.29 Å². The Labute approximate surface area is 161 Å². The summed E-state index contributed by atoms with van der Waals surface area (Å²) in [5.41, 5.74) is 0.372. The van der Waals surface area contributed by atoms with Gasteiger partial charge in [-0.1, -0.05) is 0 Å². The molecule has 0 saturated heterocycles. The highest BCUT2D eigenvalue weighted by atomic mass is 16.5. The van der Waals surface area contributed by atoms with Crippen LogP contribution in [0.1, 0.15) is 47.8 Å². The lowest BCUT2D eigenvalue weighted by Crippen LogP contribution is -2.14. The first-order chi connectivity index (χ1) is 13.2. The number of methoxy groups -OCH3 is 2. The van der Waals surface area contributed by atoms with Crippen LogP contribution in [0.5, 0.6) is 23.0 Å². The molecule has 0 amide bonds. The van der Waals surface area contributed by atoms with E-state index in [0.29, 0.717) is 17.4 Å². The van der Waals surface area contributed by atoms with Gasteiger partial charge in [0, 0.05) is 5.56 Å². The van der Waals surface area contributed by atoms with Gasteiger partial charge < -0.3 is 24.4 Å². The second-order valence-electron chi connectivity index (χ2n) is 6.07. The largest absolute Gasteiger partial charge is 0.507 e. The summed E-state index contributed by atoms with van der Waals surface area (Å²) in [4.78, 5) is 35.7. The molecule has 2 rings (SSSR count). The maximum absolute atomic E-state index is 12.7. The zero-order valence-corrected chi connectivity index (χ0v) is 16.1. The lowest BCUT2D eigenvalue weighted by atomic mass is 10.0. The molecule has 8 heteroatoms. The molecule has 28 heavy (non-hydrogen) atoms. The molecule has 0 atom stereocenters. The van der Waals surface area contributed by atoms with Gasteiger partial charge in [0.2, 0.25) is 0 Å². The van der Waals surface area contributed by atoms with Gasteiger partial charge in [-0.05, 0) is 44.0 Å². The highest BCUT2D eigenvalue weighted by molar-refractivity contribution is 6.00. The summed E-state index contributed by atoms with van der Waals surface area (Å²) < 4.78 is 15.0. The smallest absolute Gasteiger partial charge is 0.347 e. The van der Waals surface area contributed by atoms with E-state index in [1.54, 1.807) is 13.8 Å². The minimum atomic E-state index is -0.937. The van der Waals surface area contributed by atoms with Crippen LogP contribution in [0.25, 0.3) is 0 Å². The fourth-order valence-corrected chi connectivity index (χ4v) is 2.81. The van der Waals surface area contributed by atoms with Crippen LogP contribution in [-0.4, -0.2) is 42.7 Å². The summed E-state index contributed by atoms with van der Waals surface area (Å²) in [6, 6.07) is 2.83. The van der Waals surface area contributed by atoms with Crippen molar-refractivity contribution in [3.8, 4) is 23.0 Å². The van der Waals surface area contributed by atoms with Crippen LogP contribution in [0.3, 0.4) is 0 Å². The van der Waals surface area contributed by atoms with E-state index in [-0.39, 0.29) is 39.5 Å². The van der Waals surface area contributed by atoms with Crippen LogP contribution in [-0.2, 0) is 4.74 Å². The Bertz CT molecular complexity index is 975. The molecule has 8 nitrogen and oxygen atoms in total. The molecule has 0 aliphatic carbocycles. The average Bonchev–Trinajstić information content (AvgIpc) is 2.65. The lowest BCUT2D eigenvalue weighted by molar-refractivity contribution is 0.0596. The number of rotatable bonds is 5. The molecule has 2 aromatic carbocycles. The van der Waals surface area contributed by atoms with E-state index in [4.69, 9.17) is 9.47 Å². The van der Waals surface area contributed by atoms with E-state index >= 15 is 0 Å². The second-order valence-corrected chi connectivity index (χ2v) is 6.07. The predicted molar refractivity (Wildman–Crippen MR) is 98.7 cm³/mol. The lowest BCUT2D eigenvalue weighted by Gasteiger charge is -2.16.